The molecule has 1 aliphatic heterocycles. The summed E-state index contributed by atoms with van der Waals surface area (Å²) in [7, 11) is 0. The Morgan fingerprint density at radius 1 is 1.47 bits per heavy atom. The van der Waals surface area contributed by atoms with Crippen LogP contribution in [0.15, 0.2) is 0 Å². The van der Waals surface area contributed by atoms with Crippen LogP contribution in [0.4, 0.5) is 4.79 Å². The molecule has 6 heteroatoms. The van der Waals surface area contributed by atoms with Gasteiger partial charge in [-0.15, -0.1) is 0 Å². The van der Waals surface area contributed by atoms with Gasteiger partial charge in [-0.3, -0.25) is 4.79 Å². The normalized spacial score (nSPS) is 20.7. The van der Waals surface area contributed by atoms with Crippen LogP contribution >= 0.6 is 0 Å². The summed E-state index contributed by atoms with van der Waals surface area (Å²) in [5.41, 5.74) is -0.958. The Hall–Kier alpha value is -1.30. The number of ether oxygens (including phenoxy) is 1. The van der Waals surface area contributed by atoms with E-state index in [1.165, 1.54) is 0 Å². The number of rotatable bonds is 4. The van der Waals surface area contributed by atoms with Gasteiger partial charge in [-0.1, -0.05) is 0 Å². The van der Waals surface area contributed by atoms with Crippen molar-refractivity contribution in [2.45, 2.75) is 32.7 Å². The first-order valence-corrected chi connectivity index (χ1v) is 5.77. The van der Waals surface area contributed by atoms with Crippen LogP contribution in [0.5, 0.6) is 0 Å². The molecule has 1 saturated heterocycles. The smallest absolute Gasteiger partial charge is 0.315 e. The number of carboxylic acids is 1. The lowest BCUT2D eigenvalue weighted by atomic mass is 9.94. The van der Waals surface area contributed by atoms with Crippen molar-refractivity contribution in [3.63, 3.8) is 0 Å². The molecule has 1 fully saturated rings. The number of hydrogen-bond donors (Lipinski definition) is 3. The fourth-order valence-electron chi connectivity index (χ4n) is 1.47. The van der Waals surface area contributed by atoms with Gasteiger partial charge in [0.2, 0.25) is 0 Å². The average Bonchev–Trinajstić information content (AvgIpc) is 2.28. The Balaban J connectivity index is 2.27. The van der Waals surface area contributed by atoms with Crippen LogP contribution in [0, 0.1) is 5.41 Å². The SMILES string of the molecule is CC(C)(CNC(=O)NC1CCCOC1)C(=O)O. The van der Waals surface area contributed by atoms with E-state index >= 15 is 0 Å². The minimum Gasteiger partial charge on any atom is -0.481 e. The van der Waals surface area contributed by atoms with Crippen LogP contribution in [0.1, 0.15) is 26.7 Å². The number of urea groups is 1. The van der Waals surface area contributed by atoms with Crippen LogP contribution in [0.25, 0.3) is 0 Å². The number of carbonyl (C=O) groups is 2. The van der Waals surface area contributed by atoms with E-state index < -0.39 is 11.4 Å². The summed E-state index contributed by atoms with van der Waals surface area (Å²) in [5.74, 6) is -0.932. The second-order valence-corrected chi connectivity index (χ2v) is 4.93. The third-order valence-electron chi connectivity index (χ3n) is 2.77. The molecule has 0 saturated carbocycles. The molecule has 98 valence electrons. The first-order valence-electron chi connectivity index (χ1n) is 5.77. The van der Waals surface area contributed by atoms with Gasteiger partial charge in [0.15, 0.2) is 0 Å². The second kappa shape index (κ2) is 5.86. The van der Waals surface area contributed by atoms with E-state index in [0.29, 0.717) is 6.61 Å². The van der Waals surface area contributed by atoms with Gasteiger partial charge in [0.25, 0.3) is 0 Å². The molecule has 0 radical (unpaired) electrons. The van der Waals surface area contributed by atoms with Gasteiger partial charge in [0.1, 0.15) is 0 Å². The summed E-state index contributed by atoms with van der Waals surface area (Å²) in [6.07, 6.45) is 1.83. The van der Waals surface area contributed by atoms with E-state index in [0.717, 1.165) is 19.4 Å². The van der Waals surface area contributed by atoms with E-state index in [4.69, 9.17) is 9.84 Å². The lowest BCUT2D eigenvalue weighted by Crippen LogP contribution is -2.48. The van der Waals surface area contributed by atoms with Gasteiger partial charge >= 0.3 is 12.0 Å². The Morgan fingerprint density at radius 2 is 2.18 bits per heavy atom. The molecule has 0 aliphatic carbocycles. The maximum absolute atomic E-state index is 11.5. The Bertz CT molecular complexity index is 285. The van der Waals surface area contributed by atoms with Crippen molar-refractivity contribution in [1.29, 1.82) is 0 Å². The van der Waals surface area contributed by atoms with Crippen molar-refractivity contribution >= 4 is 12.0 Å². The fraction of sp³-hybridized carbons (Fsp3) is 0.818. The molecule has 0 bridgehead atoms. The van der Waals surface area contributed by atoms with Crippen molar-refractivity contribution in [1.82, 2.24) is 10.6 Å². The number of amides is 2. The van der Waals surface area contributed by atoms with Gasteiger partial charge < -0.3 is 20.5 Å². The van der Waals surface area contributed by atoms with Crippen LogP contribution < -0.4 is 10.6 Å². The van der Waals surface area contributed by atoms with Crippen LogP contribution in [-0.4, -0.2) is 42.9 Å². The molecule has 0 aromatic heterocycles. The molecule has 1 rings (SSSR count). The monoisotopic (exact) mass is 244 g/mol. The Morgan fingerprint density at radius 3 is 2.71 bits per heavy atom. The molecular formula is C11H20N2O4. The Kier molecular flexibility index (Phi) is 4.74. The highest BCUT2D eigenvalue weighted by molar-refractivity contribution is 5.77. The number of carboxylic acid groups (broad SMARTS) is 1. The molecule has 0 spiro atoms. The van der Waals surface area contributed by atoms with Crippen LogP contribution in [0.2, 0.25) is 0 Å². The standard InChI is InChI=1S/C11H20N2O4/c1-11(2,9(14)15)7-12-10(16)13-8-4-3-5-17-6-8/h8H,3-7H2,1-2H3,(H,14,15)(H2,12,13,16). The summed E-state index contributed by atoms with van der Waals surface area (Å²) in [5, 5.41) is 14.2. The summed E-state index contributed by atoms with van der Waals surface area (Å²) in [4.78, 5) is 22.3. The highest BCUT2D eigenvalue weighted by Crippen LogP contribution is 2.13. The quantitative estimate of drug-likeness (QED) is 0.675. The van der Waals surface area contributed by atoms with Crippen LogP contribution in [-0.2, 0) is 9.53 Å². The third-order valence-corrected chi connectivity index (χ3v) is 2.77. The van der Waals surface area contributed by atoms with E-state index in [9.17, 15) is 9.59 Å². The molecular weight excluding hydrogens is 224 g/mol. The topological polar surface area (TPSA) is 87.7 Å². The van der Waals surface area contributed by atoms with Gasteiger partial charge in [0.05, 0.1) is 18.1 Å². The second-order valence-electron chi connectivity index (χ2n) is 4.93. The van der Waals surface area contributed by atoms with Crippen molar-refractivity contribution in [3.05, 3.63) is 0 Å². The van der Waals surface area contributed by atoms with Crippen molar-refractivity contribution in [3.8, 4) is 0 Å². The number of nitrogens with one attached hydrogen (secondary N) is 2. The van der Waals surface area contributed by atoms with E-state index in [1.807, 2.05) is 0 Å². The number of carbonyl (C=O) groups excluding carboxylic acids is 1. The average molecular weight is 244 g/mol. The van der Waals surface area contributed by atoms with E-state index in [1.54, 1.807) is 13.8 Å². The first kappa shape index (κ1) is 13.8. The first-order chi connectivity index (χ1) is 7.92. The molecule has 1 atom stereocenters. The summed E-state index contributed by atoms with van der Waals surface area (Å²) >= 11 is 0. The fourth-order valence-corrected chi connectivity index (χ4v) is 1.47. The van der Waals surface area contributed by atoms with Gasteiger partial charge in [-0.25, -0.2) is 4.79 Å². The molecule has 0 aromatic carbocycles. The minimum atomic E-state index is -0.958. The van der Waals surface area contributed by atoms with Crippen molar-refractivity contribution in [2.24, 2.45) is 5.41 Å². The predicted molar refractivity (Wildman–Crippen MR) is 61.8 cm³/mol. The van der Waals surface area contributed by atoms with Crippen LogP contribution in [0.3, 0.4) is 0 Å². The molecule has 2 amide bonds. The highest BCUT2D eigenvalue weighted by atomic mass is 16.5. The zero-order valence-electron chi connectivity index (χ0n) is 10.3. The highest BCUT2D eigenvalue weighted by Gasteiger charge is 2.27. The van der Waals surface area contributed by atoms with Gasteiger partial charge in [-0.05, 0) is 26.7 Å². The van der Waals surface area contributed by atoms with Crippen molar-refractivity contribution in [2.75, 3.05) is 19.8 Å². The lowest BCUT2D eigenvalue weighted by molar-refractivity contribution is -0.146. The predicted octanol–water partition coefficient (Wildman–Crippen LogP) is 0.575. The summed E-state index contributed by atoms with van der Waals surface area (Å²) in [6, 6.07) is -0.313. The molecule has 6 nitrogen and oxygen atoms in total. The molecule has 1 unspecified atom stereocenters. The maximum atomic E-state index is 11.5. The maximum Gasteiger partial charge on any atom is 0.315 e. The third kappa shape index (κ3) is 4.60. The zero-order chi connectivity index (χ0) is 12.9. The Labute approximate surface area is 101 Å². The molecule has 3 N–H and O–H groups in total. The number of aliphatic carboxylic acids is 1. The summed E-state index contributed by atoms with van der Waals surface area (Å²) < 4.78 is 5.23. The van der Waals surface area contributed by atoms with E-state index in [2.05, 4.69) is 10.6 Å². The molecule has 1 aliphatic rings. The number of hydrogen-bond acceptors (Lipinski definition) is 3. The summed E-state index contributed by atoms with van der Waals surface area (Å²) in [6.45, 7) is 4.50. The van der Waals surface area contributed by atoms with E-state index in [-0.39, 0.29) is 18.6 Å². The molecule has 0 aromatic rings. The molecule has 1 heterocycles. The van der Waals surface area contributed by atoms with Crippen molar-refractivity contribution < 1.29 is 19.4 Å². The zero-order valence-corrected chi connectivity index (χ0v) is 10.3. The minimum absolute atomic E-state index is 0.0247. The van der Waals surface area contributed by atoms with Gasteiger partial charge in [-0.2, -0.15) is 0 Å². The lowest BCUT2D eigenvalue weighted by Gasteiger charge is -2.25. The molecule has 17 heavy (non-hydrogen) atoms. The largest absolute Gasteiger partial charge is 0.481 e. The van der Waals surface area contributed by atoms with Gasteiger partial charge in [0, 0.05) is 13.2 Å².